The van der Waals surface area contributed by atoms with Gasteiger partial charge in [-0.15, -0.1) is 0 Å². The van der Waals surface area contributed by atoms with Crippen LogP contribution in [0.4, 0.5) is 0 Å². The SMILES string of the molecule is CCc1ccc([C@@H]2[C@@H](C(=O)O)[C@H]2S(=O)(=O)c2ccc(C)cc2)cc1. The molecule has 3 rings (SSSR count). The Kier molecular flexibility index (Phi) is 4.22. The van der Waals surface area contributed by atoms with Gasteiger partial charge in [0.25, 0.3) is 0 Å². The Morgan fingerprint density at radius 2 is 1.62 bits per heavy atom. The fourth-order valence-electron chi connectivity index (χ4n) is 3.22. The molecule has 0 bridgehead atoms. The van der Waals surface area contributed by atoms with Gasteiger partial charge in [0, 0.05) is 5.92 Å². The van der Waals surface area contributed by atoms with Crippen molar-refractivity contribution in [3.63, 3.8) is 0 Å². The Labute approximate surface area is 142 Å². The van der Waals surface area contributed by atoms with E-state index in [0.717, 1.165) is 23.1 Å². The van der Waals surface area contributed by atoms with Crippen molar-refractivity contribution < 1.29 is 18.3 Å². The molecule has 0 radical (unpaired) electrons. The maximum atomic E-state index is 12.9. The Balaban J connectivity index is 1.96. The molecular formula is C19H20O4S. The first-order valence-corrected chi connectivity index (χ1v) is 9.53. The van der Waals surface area contributed by atoms with Gasteiger partial charge in [0.05, 0.1) is 16.1 Å². The van der Waals surface area contributed by atoms with Crippen LogP contribution in [-0.2, 0) is 21.1 Å². The minimum absolute atomic E-state index is 0.192. The summed E-state index contributed by atoms with van der Waals surface area (Å²) in [5, 5.41) is 8.55. The van der Waals surface area contributed by atoms with Crippen LogP contribution in [0.2, 0.25) is 0 Å². The third-order valence-electron chi connectivity index (χ3n) is 4.72. The number of hydrogen-bond acceptors (Lipinski definition) is 3. The maximum absolute atomic E-state index is 12.9. The van der Waals surface area contributed by atoms with Crippen LogP contribution in [0.1, 0.15) is 29.5 Å². The van der Waals surface area contributed by atoms with Gasteiger partial charge < -0.3 is 5.11 Å². The Bertz CT molecular complexity index is 851. The summed E-state index contributed by atoms with van der Waals surface area (Å²) < 4.78 is 25.7. The Morgan fingerprint density at radius 3 is 2.12 bits per heavy atom. The van der Waals surface area contributed by atoms with E-state index in [-0.39, 0.29) is 4.90 Å². The highest BCUT2D eigenvalue weighted by molar-refractivity contribution is 7.92. The lowest BCUT2D eigenvalue weighted by Gasteiger charge is -2.05. The lowest BCUT2D eigenvalue weighted by Crippen LogP contribution is -2.13. The van der Waals surface area contributed by atoms with Crippen molar-refractivity contribution in [3.8, 4) is 0 Å². The number of sulfone groups is 1. The highest BCUT2D eigenvalue weighted by atomic mass is 32.2. The smallest absolute Gasteiger partial charge is 0.308 e. The van der Waals surface area contributed by atoms with Gasteiger partial charge in [-0.2, -0.15) is 0 Å². The minimum atomic E-state index is -3.67. The fourth-order valence-corrected chi connectivity index (χ4v) is 5.34. The molecule has 0 unspecified atom stereocenters. The number of benzene rings is 2. The summed E-state index contributed by atoms with van der Waals surface area (Å²) in [6.45, 7) is 3.92. The molecule has 24 heavy (non-hydrogen) atoms. The fraction of sp³-hybridized carbons (Fsp3) is 0.316. The summed E-state index contributed by atoms with van der Waals surface area (Å²) in [5.41, 5.74) is 2.88. The maximum Gasteiger partial charge on any atom is 0.308 e. The molecule has 2 aromatic carbocycles. The van der Waals surface area contributed by atoms with Gasteiger partial charge in [-0.05, 0) is 36.6 Å². The molecule has 0 amide bonds. The normalized spacial score (nSPS) is 23.0. The Hall–Kier alpha value is -2.14. The second-order valence-electron chi connectivity index (χ2n) is 6.31. The quantitative estimate of drug-likeness (QED) is 0.904. The number of carboxylic acid groups (broad SMARTS) is 1. The van der Waals surface area contributed by atoms with Crippen molar-refractivity contribution in [1.82, 2.24) is 0 Å². The number of carbonyl (C=O) groups is 1. The third-order valence-corrected chi connectivity index (χ3v) is 6.95. The van der Waals surface area contributed by atoms with E-state index in [4.69, 9.17) is 0 Å². The molecule has 4 nitrogen and oxygen atoms in total. The number of hydrogen-bond donors (Lipinski definition) is 1. The number of rotatable bonds is 5. The molecule has 0 aliphatic heterocycles. The third kappa shape index (κ3) is 2.84. The lowest BCUT2D eigenvalue weighted by atomic mass is 10.1. The predicted molar refractivity (Wildman–Crippen MR) is 91.8 cm³/mol. The molecule has 0 heterocycles. The van der Waals surface area contributed by atoms with Crippen LogP contribution < -0.4 is 0 Å². The molecular weight excluding hydrogens is 324 g/mol. The van der Waals surface area contributed by atoms with Gasteiger partial charge in [-0.25, -0.2) is 8.42 Å². The average Bonchev–Trinajstić information content (AvgIpc) is 3.32. The summed E-state index contributed by atoms with van der Waals surface area (Å²) in [5.74, 6) is -2.43. The van der Waals surface area contributed by atoms with Gasteiger partial charge in [0.1, 0.15) is 0 Å². The first kappa shape index (κ1) is 16.7. The molecule has 0 saturated heterocycles. The number of aliphatic carboxylic acids is 1. The lowest BCUT2D eigenvalue weighted by molar-refractivity contribution is -0.138. The van der Waals surface area contributed by atoms with E-state index in [1.54, 1.807) is 24.3 Å². The van der Waals surface area contributed by atoms with E-state index < -0.39 is 32.9 Å². The van der Waals surface area contributed by atoms with Crippen LogP contribution in [-0.4, -0.2) is 24.7 Å². The molecule has 1 fully saturated rings. The predicted octanol–water partition coefficient (Wildman–Crippen LogP) is 3.20. The molecule has 1 saturated carbocycles. The zero-order valence-corrected chi connectivity index (χ0v) is 14.5. The van der Waals surface area contributed by atoms with Crippen LogP contribution in [0, 0.1) is 12.8 Å². The second-order valence-corrected chi connectivity index (χ2v) is 8.41. The van der Waals surface area contributed by atoms with Crippen molar-refractivity contribution in [2.75, 3.05) is 0 Å². The first-order chi connectivity index (χ1) is 11.4. The van der Waals surface area contributed by atoms with E-state index in [1.165, 1.54) is 0 Å². The summed E-state index contributed by atoms with van der Waals surface area (Å²) in [6.07, 6.45) is 0.887. The van der Waals surface area contributed by atoms with E-state index >= 15 is 0 Å². The summed E-state index contributed by atoms with van der Waals surface area (Å²) in [7, 11) is -3.67. The van der Waals surface area contributed by atoms with E-state index in [0.29, 0.717) is 0 Å². The topological polar surface area (TPSA) is 71.4 Å². The average molecular weight is 344 g/mol. The molecule has 3 atom stereocenters. The molecule has 1 aliphatic rings. The van der Waals surface area contributed by atoms with Gasteiger partial charge >= 0.3 is 5.97 Å². The summed E-state index contributed by atoms with van der Waals surface area (Å²) in [6, 6.07) is 14.1. The highest BCUT2D eigenvalue weighted by Crippen LogP contribution is 2.54. The van der Waals surface area contributed by atoms with E-state index in [9.17, 15) is 18.3 Å². The molecule has 5 heteroatoms. The van der Waals surface area contributed by atoms with Crippen molar-refractivity contribution in [2.45, 2.75) is 36.3 Å². The molecule has 0 aromatic heterocycles. The molecule has 0 spiro atoms. The van der Waals surface area contributed by atoms with Crippen molar-refractivity contribution in [2.24, 2.45) is 5.92 Å². The summed E-state index contributed by atoms with van der Waals surface area (Å²) >= 11 is 0. The molecule has 1 N–H and O–H groups in total. The Morgan fingerprint density at radius 1 is 1.04 bits per heavy atom. The van der Waals surface area contributed by atoms with Gasteiger partial charge in [0.2, 0.25) is 0 Å². The second kappa shape index (κ2) is 6.06. The van der Waals surface area contributed by atoms with Crippen LogP contribution in [0.5, 0.6) is 0 Å². The molecule has 1 aliphatic carbocycles. The van der Waals surface area contributed by atoms with Crippen LogP contribution in [0.15, 0.2) is 53.4 Å². The van der Waals surface area contributed by atoms with E-state index in [1.807, 2.05) is 38.1 Å². The van der Waals surface area contributed by atoms with Crippen molar-refractivity contribution in [1.29, 1.82) is 0 Å². The van der Waals surface area contributed by atoms with Crippen LogP contribution in [0.25, 0.3) is 0 Å². The van der Waals surface area contributed by atoms with Crippen LogP contribution >= 0.6 is 0 Å². The van der Waals surface area contributed by atoms with Crippen molar-refractivity contribution >= 4 is 15.8 Å². The first-order valence-electron chi connectivity index (χ1n) is 7.98. The highest BCUT2D eigenvalue weighted by Gasteiger charge is 2.63. The number of carboxylic acids is 1. The van der Waals surface area contributed by atoms with Crippen LogP contribution in [0.3, 0.4) is 0 Å². The largest absolute Gasteiger partial charge is 0.481 e. The minimum Gasteiger partial charge on any atom is -0.481 e. The van der Waals surface area contributed by atoms with Crippen molar-refractivity contribution in [3.05, 3.63) is 65.2 Å². The van der Waals surface area contributed by atoms with E-state index in [2.05, 4.69) is 0 Å². The zero-order chi connectivity index (χ0) is 17.5. The van der Waals surface area contributed by atoms with Gasteiger partial charge in [0.15, 0.2) is 9.84 Å². The molecule has 2 aromatic rings. The standard InChI is InChI=1S/C19H20O4S/c1-3-13-6-8-14(9-7-13)16-17(19(20)21)18(16)24(22,23)15-10-4-12(2)5-11-15/h4-11,16-18H,3H2,1-2H3,(H,20,21)/t16-,17-,18+/m1/s1. The monoisotopic (exact) mass is 344 g/mol. The zero-order valence-electron chi connectivity index (χ0n) is 13.6. The number of aryl methyl sites for hydroxylation is 2. The van der Waals surface area contributed by atoms with Gasteiger partial charge in [-0.1, -0.05) is 48.9 Å². The van der Waals surface area contributed by atoms with Gasteiger partial charge in [-0.3, -0.25) is 4.79 Å². The summed E-state index contributed by atoms with van der Waals surface area (Å²) in [4.78, 5) is 11.7. The molecule has 126 valence electrons.